The highest BCUT2D eigenvalue weighted by atomic mass is 19.1. The minimum absolute atomic E-state index is 0.164. The number of piperazine rings is 1. The smallest absolute Gasteiger partial charge is 0.289 e. The summed E-state index contributed by atoms with van der Waals surface area (Å²) in [6.07, 6.45) is 0. The Morgan fingerprint density at radius 3 is 2.18 bits per heavy atom. The fourth-order valence-electron chi connectivity index (χ4n) is 3.09. The molecule has 0 unspecified atom stereocenters. The first-order valence-corrected chi connectivity index (χ1v) is 8.54. The lowest BCUT2D eigenvalue weighted by atomic mass is 10.1. The average molecular weight is 388 g/mol. The number of hydrogen-bond donors (Lipinski definition) is 0. The van der Waals surface area contributed by atoms with Gasteiger partial charge in [-0.15, -0.1) is 0 Å². The SMILES string of the molecule is O=C(c1ccc([N+](=O)[O-])cc1[N+](=O)[O-])N1CCN(Cc2ccc(F)cc2)CC1. The topological polar surface area (TPSA) is 110 Å². The van der Waals surface area contributed by atoms with Crippen molar-refractivity contribution < 1.29 is 19.0 Å². The van der Waals surface area contributed by atoms with E-state index in [0.717, 1.165) is 23.8 Å². The summed E-state index contributed by atoms with van der Waals surface area (Å²) in [6.45, 7) is 2.47. The van der Waals surface area contributed by atoms with Crippen molar-refractivity contribution in [2.24, 2.45) is 0 Å². The number of nitrogens with zero attached hydrogens (tertiary/aromatic N) is 4. The fraction of sp³-hybridized carbons (Fsp3) is 0.278. The van der Waals surface area contributed by atoms with Crippen LogP contribution in [0.2, 0.25) is 0 Å². The van der Waals surface area contributed by atoms with E-state index in [-0.39, 0.29) is 11.4 Å². The zero-order chi connectivity index (χ0) is 20.3. The minimum atomic E-state index is -0.787. The van der Waals surface area contributed by atoms with E-state index in [1.54, 1.807) is 12.1 Å². The molecule has 1 amide bonds. The molecule has 10 heteroatoms. The Bertz CT molecular complexity index is 911. The highest BCUT2D eigenvalue weighted by Gasteiger charge is 2.29. The lowest BCUT2D eigenvalue weighted by Crippen LogP contribution is -2.48. The highest BCUT2D eigenvalue weighted by molar-refractivity contribution is 5.98. The van der Waals surface area contributed by atoms with E-state index in [9.17, 15) is 29.4 Å². The first kappa shape index (κ1) is 19.4. The van der Waals surface area contributed by atoms with Gasteiger partial charge in [-0.3, -0.25) is 29.9 Å². The van der Waals surface area contributed by atoms with Gasteiger partial charge in [0.25, 0.3) is 17.3 Å². The molecule has 9 nitrogen and oxygen atoms in total. The summed E-state index contributed by atoms with van der Waals surface area (Å²) < 4.78 is 13.0. The number of hydrogen-bond acceptors (Lipinski definition) is 6. The maximum absolute atomic E-state index is 13.0. The van der Waals surface area contributed by atoms with E-state index in [1.807, 2.05) is 0 Å². The number of rotatable bonds is 5. The summed E-state index contributed by atoms with van der Waals surface area (Å²) in [5.41, 5.74) is -0.227. The van der Waals surface area contributed by atoms with E-state index in [4.69, 9.17) is 0 Å². The number of nitro benzene ring substituents is 2. The van der Waals surface area contributed by atoms with Gasteiger partial charge in [-0.05, 0) is 23.8 Å². The molecule has 146 valence electrons. The van der Waals surface area contributed by atoms with Gasteiger partial charge in [-0.2, -0.15) is 0 Å². The number of carbonyl (C=O) groups excluding carboxylic acids is 1. The molecule has 0 aliphatic carbocycles. The molecule has 0 atom stereocenters. The predicted octanol–water partition coefficient (Wildman–Crippen LogP) is 2.60. The van der Waals surface area contributed by atoms with Crippen molar-refractivity contribution in [3.05, 3.63) is 79.6 Å². The molecule has 0 radical (unpaired) electrons. The number of amides is 1. The van der Waals surface area contributed by atoms with Crippen LogP contribution in [0.15, 0.2) is 42.5 Å². The molecular formula is C18H17FN4O5. The molecule has 0 saturated carbocycles. The van der Waals surface area contributed by atoms with Crippen LogP contribution < -0.4 is 0 Å². The molecule has 3 rings (SSSR count). The zero-order valence-electron chi connectivity index (χ0n) is 14.8. The Morgan fingerprint density at radius 2 is 1.61 bits per heavy atom. The number of carbonyl (C=O) groups is 1. The number of nitro groups is 2. The Kier molecular flexibility index (Phi) is 5.59. The van der Waals surface area contributed by atoms with Crippen molar-refractivity contribution >= 4 is 17.3 Å². The number of benzene rings is 2. The van der Waals surface area contributed by atoms with Gasteiger partial charge in [0.1, 0.15) is 11.4 Å². The van der Waals surface area contributed by atoms with Gasteiger partial charge in [0.15, 0.2) is 0 Å². The summed E-state index contributed by atoms with van der Waals surface area (Å²) in [7, 11) is 0. The molecular weight excluding hydrogens is 371 g/mol. The van der Waals surface area contributed by atoms with Crippen LogP contribution in [0.5, 0.6) is 0 Å². The highest BCUT2D eigenvalue weighted by Crippen LogP contribution is 2.26. The number of non-ortho nitro benzene ring substituents is 1. The van der Waals surface area contributed by atoms with Crippen LogP contribution >= 0.6 is 0 Å². The average Bonchev–Trinajstić information content (AvgIpc) is 2.69. The molecule has 1 aliphatic rings. The second-order valence-corrected chi connectivity index (χ2v) is 6.41. The number of halogens is 1. The molecule has 1 saturated heterocycles. The van der Waals surface area contributed by atoms with Crippen molar-refractivity contribution in [2.75, 3.05) is 26.2 Å². The predicted molar refractivity (Wildman–Crippen MR) is 97.3 cm³/mol. The zero-order valence-corrected chi connectivity index (χ0v) is 14.8. The van der Waals surface area contributed by atoms with Gasteiger partial charge in [0.05, 0.1) is 15.9 Å². The molecule has 28 heavy (non-hydrogen) atoms. The van der Waals surface area contributed by atoms with Gasteiger partial charge in [0, 0.05) is 38.8 Å². The largest absolute Gasteiger partial charge is 0.336 e. The van der Waals surface area contributed by atoms with Crippen molar-refractivity contribution in [1.29, 1.82) is 0 Å². The van der Waals surface area contributed by atoms with E-state index in [1.165, 1.54) is 17.0 Å². The maximum atomic E-state index is 13.0. The molecule has 1 heterocycles. The van der Waals surface area contributed by atoms with Crippen LogP contribution in [-0.4, -0.2) is 51.7 Å². The molecule has 2 aromatic carbocycles. The van der Waals surface area contributed by atoms with Crippen molar-refractivity contribution in [3.63, 3.8) is 0 Å². The van der Waals surface area contributed by atoms with Crippen LogP contribution in [0.25, 0.3) is 0 Å². The van der Waals surface area contributed by atoms with Gasteiger partial charge in [-0.1, -0.05) is 12.1 Å². The summed E-state index contributed by atoms with van der Waals surface area (Å²) in [5, 5.41) is 22.1. The summed E-state index contributed by atoms with van der Waals surface area (Å²) >= 11 is 0. The standard InChI is InChI=1S/C18H17FN4O5/c19-14-3-1-13(2-4-14)12-20-7-9-21(10-8-20)18(24)16-6-5-15(22(25)26)11-17(16)23(27)28/h1-6,11H,7-10,12H2. The first-order valence-electron chi connectivity index (χ1n) is 8.54. The van der Waals surface area contributed by atoms with Crippen LogP contribution in [0.1, 0.15) is 15.9 Å². The molecule has 0 bridgehead atoms. The third-order valence-corrected chi connectivity index (χ3v) is 4.60. The van der Waals surface area contributed by atoms with Crippen LogP contribution in [0.4, 0.5) is 15.8 Å². The van der Waals surface area contributed by atoms with E-state index in [2.05, 4.69) is 4.90 Å². The second-order valence-electron chi connectivity index (χ2n) is 6.41. The van der Waals surface area contributed by atoms with E-state index < -0.39 is 27.1 Å². The fourth-order valence-corrected chi connectivity index (χ4v) is 3.09. The molecule has 0 spiro atoms. The van der Waals surface area contributed by atoms with Gasteiger partial charge in [0.2, 0.25) is 0 Å². The minimum Gasteiger partial charge on any atom is -0.336 e. The van der Waals surface area contributed by atoms with Crippen LogP contribution in [-0.2, 0) is 6.54 Å². The Balaban J connectivity index is 1.67. The maximum Gasteiger partial charge on any atom is 0.289 e. The lowest BCUT2D eigenvalue weighted by molar-refractivity contribution is -0.394. The summed E-state index contributed by atoms with van der Waals surface area (Å²) in [6, 6.07) is 9.21. The van der Waals surface area contributed by atoms with Crippen molar-refractivity contribution in [2.45, 2.75) is 6.54 Å². The van der Waals surface area contributed by atoms with Crippen LogP contribution in [0.3, 0.4) is 0 Å². The van der Waals surface area contributed by atoms with Gasteiger partial charge < -0.3 is 4.90 Å². The molecule has 1 fully saturated rings. The van der Waals surface area contributed by atoms with Crippen molar-refractivity contribution in [3.8, 4) is 0 Å². The lowest BCUT2D eigenvalue weighted by Gasteiger charge is -2.34. The molecule has 0 aromatic heterocycles. The summed E-state index contributed by atoms with van der Waals surface area (Å²) in [4.78, 5) is 36.8. The van der Waals surface area contributed by atoms with E-state index >= 15 is 0 Å². The van der Waals surface area contributed by atoms with Gasteiger partial charge >= 0.3 is 0 Å². The summed E-state index contributed by atoms with van der Waals surface area (Å²) in [5.74, 6) is -0.827. The Hall–Kier alpha value is -3.40. The molecule has 2 aromatic rings. The normalized spacial score (nSPS) is 14.7. The first-order chi connectivity index (χ1) is 13.3. The second kappa shape index (κ2) is 8.09. The van der Waals surface area contributed by atoms with Gasteiger partial charge in [-0.25, -0.2) is 4.39 Å². The molecule has 0 N–H and O–H groups in total. The third kappa shape index (κ3) is 4.29. The van der Waals surface area contributed by atoms with Crippen molar-refractivity contribution in [1.82, 2.24) is 9.80 Å². The monoisotopic (exact) mass is 388 g/mol. The Labute approximate surface area is 159 Å². The molecule has 1 aliphatic heterocycles. The quantitative estimate of drug-likeness (QED) is 0.575. The van der Waals surface area contributed by atoms with E-state index in [0.29, 0.717) is 32.7 Å². The van der Waals surface area contributed by atoms with Crippen LogP contribution in [0, 0.1) is 26.0 Å². The third-order valence-electron chi connectivity index (χ3n) is 4.60. The Morgan fingerprint density at radius 1 is 0.964 bits per heavy atom.